The van der Waals surface area contributed by atoms with E-state index in [2.05, 4.69) is 14.9 Å². The number of nitrogens with zero attached hydrogens (tertiary/aromatic N) is 2. The fourth-order valence-electron chi connectivity index (χ4n) is 1.57. The van der Waals surface area contributed by atoms with Crippen LogP contribution < -0.4 is 5.73 Å². The van der Waals surface area contributed by atoms with Crippen molar-refractivity contribution in [3.05, 3.63) is 41.1 Å². The molecule has 0 saturated carbocycles. The lowest BCUT2D eigenvalue weighted by molar-refractivity contribution is 0.0505. The van der Waals surface area contributed by atoms with E-state index in [0.717, 1.165) is 12.0 Å². The van der Waals surface area contributed by atoms with Gasteiger partial charge in [-0.1, -0.05) is 24.2 Å². The van der Waals surface area contributed by atoms with Crippen molar-refractivity contribution in [2.24, 2.45) is 0 Å². The molecule has 0 aliphatic rings. The molecule has 2 rings (SSSR count). The number of aromatic nitrogens is 2. The van der Waals surface area contributed by atoms with Crippen LogP contribution in [0.25, 0.3) is 0 Å². The van der Waals surface area contributed by atoms with Gasteiger partial charge < -0.3 is 10.5 Å². The summed E-state index contributed by atoms with van der Waals surface area (Å²) in [5, 5.41) is 7.22. The fraction of sp³-hybridized carbons (Fsp3) is 0.308. The van der Waals surface area contributed by atoms with Crippen molar-refractivity contribution in [1.82, 2.24) is 10.3 Å². The van der Waals surface area contributed by atoms with Gasteiger partial charge in [-0.2, -0.15) is 0 Å². The average molecular weight is 261 g/mol. The molecule has 0 unspecified atom stereocenters. The van der Waals surface area contributed by atoms with Crippen LogP contribution in [0.5, 0.6) is 0 Å². The molecule has 0 atom stereocenters. The highest BCUT2D eigenvalue weighted by Gasteiger charge is 2.09. The molecule has 19 heavy (non-hydrogen) atoms. The van der Waals surface area contributed by atoms with Crippen LogP contribution in [0.4, 0.5) is 5.82 Å². The number of benzene rings is 1. The molecule has 2 N–H and O–H groups in total. The van der Waals surface area contributed by atoms with Crippen LogP contribution in [0.15, 0.2) is 28.9 Å². The lowest BCUT2D eigenvalue weighted by Crippen LogP contribution is -2.05. The normalized spacial score (nSPS) is 10.4. The Morgan fingerprint density at radius 1 is 1.32 bits per heavy atom. The van der Waals surface area contributed by atoms with Gasteiger partial charge in [-0.05, 0) is 29.3 Å². The summed E-state index contributed by atoms with van der Waals surface area (Å²) in [7, 11) is 0. The van der Waals surface area contributed by atoms with E-state index in [1.807, 2.05) is 19.1 Å². The van der Waals surface area contributed by atoms with Crippen LogP contribution in [-0.2, 0) is 11.2 Å². The third-order valence-corrected chi connectivity index (χ3v) is 2.58. The summed E-state index contributed by atoms with van der Waals surface area (Å²) in [5.74, 6) is -0.0255. The number of esters is 1. The number of carbonyl (C=O) groups excluding carboxylic acids is 1. The fourth-order valence-corrected chi connectivity index (χ4v) is 1.57. The largest absolute Gasteiger partial charge is 0.462 e. The van der Waals surface area contributed by atoms with Gasteiger partial charge in [-0.25, -0.2) is 9.42 Å². The molecular formula is C13H15N3O3. The highest BCUT2D eigenvalue weighted by Crippen LogP contribution is 2.13. The van der Waals surface area contributed by atoms with E-state index in [4.69, 9.17) is 10.5 Å². The minimum absolute atomic E-state index is 0.284. The second-order valence-electron chi connectivity index (χ2n) is 4.11. The molecule has 6 nitrogen and oxygen atoms in total. The number of carbonyl (C=O) groups is 1. The van der Waals surface area contributed by atoms with Gasteiger partial charge in [-0.3, -0.25) is 0 Å². The quantitative estimate of drug-likeness (QED) is 0.825. The Hall–Kier alpha value is -2.37. The maximum Gasteiger partial charge on any atom is 0.338 e. The van der Waals surface area contributed by atoms with Gasteiger partial charge in [0.05, 0.1) is 12.2 Å². The summed E-state index contributed by atoms with van der Waals surface area (Å²) < 4.78 is 9.57. The molecule has 0 fully saturated rings. The smallest absolute Gasteiger partial charge is 0.338 e. The van der Waals surface area contributed by atoms with Gasteiger partial charge in [0.25, 0.3) is 0 Å². The monoisotopic (exact) mass is 261 g/mol. The van der Waals surface area contributed by atoms with E-state index in [0.29, 0.717) is 24.3 Å². The molecule has 2 aromatic rings. The van der Waals surface area contributed by atoms with Crippen molar-refractivity contribution in [2.45, 2.75) is 19.8 Å². The number of anilines is 1. The summed E-state index contributed by atoms with van der Waals surface area (Å²) >= 11 is 0. The van der Waals surface area contributed by atoms with Crippen molar-refractivity contribution in [3.63, 3.8) is 0 Å². The Balaban J connectivity index is 2.02. The molecular weight excluding hydrogens is 246 g/mol. The van der Waals surface area contributed by atoms with Crippen LogP contribution >= 0.6 is 0 Å². The Labute approximate surface area is 110 Å². The van der Waals surface area contributed by atoms with Gasteiger partial charge >= 0.3 is 5.97 Å². The van der Waals surface area contributed by atoms with Gasteiger partial charge in [0.1, 0.15) is 5.69 Å². The van der Waals surface area contributed by atoms with Gasteiger partial charge in [-0.15, -0.1) is 0 Å². The minimum atomic E-state index is -0.309. The van der Waals surface area contributed by atoms with E-state index in [-0.39, 0.29) is 11.8 Å². The number of nitrogen functional groups attached to an aromatic ring is 1. The van der Waals surface area contributed by atoms with Crippen molar-refractivity contribution in [1.29, 1.82) is 0 Å². The maximum absolute atomic E-state index is 11.6. The molecule has 1 aromatic heterocycles. The Morgan fingerprint density at radius 2 is 2.05 bits per heavy atom. The third-order valence-electron chi connectivity index (χ3n) is 2.58. The predicted molar refractivity (Wildman–Crippen MR) is 68.5 cm³/mol. The second-order valence-corrected chi connectivity index (χ2v) is 4.11. The third kappa shape index (κ3) is 3.31. The van der Waals surface area contributed by atoms with Crippen molar-refractivity contribution in [3.8, 4) is 0 Å². The Kier molecular flexibility index (Phi) is 4.12. The zero-order valence-electron chi connectivity index (χ0n) is 10.6. The zero-order valence-corrected chi connectivity index (χ0v) is 10.6. The van der Waals surface area contributed by atoms with E-state index in [1.165, 1.54) is 0 Å². The van der Waals surface area contributed by atoms with Crippen molar-refractivity contribution in [2.75, 3.05) is 12.3 Å². The van der Waals surface area contributed by atoms with Gasteiger partial charge in [0, 0.05) is 6.42 Å². The summed E-state index contributed by atoms with van der Waals surface area (Å²) in [6, 6.07) is 7.10. The van der Waals surface area contributed by atoms with E-state index in [1.54, 1.807) is 12.1 Å². The lowest BCUT2D eigenvalue weighted by atomic mass is 10.1. The first-order valence-corrected chi connectivity index (χ1v) is 6.03. The standard InChI is InChI=1S/C13H15N3O3/c1-2-7-18-13(17)10-5-3-9(4-6-10)8-11-12(14)16-19-15-11/h3-6H,2,7-8H2,1H3,(H2,14,16). The molecule has 0 radical (unpaired) electrons. The summed E-state index contributed by atoms with van der Waals surface area (Å²) in [6.07, 6.45) is 1.32. The first-order chi connectivity index (χ1) is 9.20. The van der Waals surface area contributed by atoms with Crippen LogP contribution in [0.2, 0.25) is 0 Å². The van der Waals surface area contributed by atoms with Gasteiger partial charge in [0.15, 0.2) is 5.82 Å². The molecule has 0 aliphatic heterocycles. The average Bonchev–Trinajstić information content (AvgIpc) is 2.82. The zero-order chi connectivity index (χ0) is 13.7. The van der Waals surface area contributed by atoms with E-state index >= 15 is 0 Å². The minimum Gasteiger partial charge on any atom is -0.462 e. The van der Waals surface area contributed by atoms with Crippen LogP contribution in [0, 0.1) is 0 Å². The first-order valence-electron chi connectivity index (χ1n) is 6.03. The molecule has 0 bridgehead atoms. The van der Waals surface area contributed by atoms with E-state index in [9.17, 15) is 4.79 Å². The maximum atomic E-state index is 11.6. The molecule has 6 heteroatoms. The predicted octanol–water partition coefficient (Wildman–Crippen LogP) is 1.81. The Bertz CT molecular complexity index is 549. The molecule has 1 aromatic carbocycles. The van der Waals surface area contributed by atoms with Crippen LogP contribution in [0.1, 0.15) is 35.0 Å². The molecule has 0 amide bonds. The lowest BCUT2D eigenvalue weighted by Gasteiger charge is -2.04. The SMILES string of the molecule is CCCOC(=O)c1ccc(Cc2nonc2N)cc1. The number of rotatable bonds is 5. The Morgan fingerprint density at radius 3 is 2.63 bits per heavy atom. The molecule has 100 valence electrons. The highest BCUT2D eigenvalue weighted by molar-refractivity contribution is 5.89. The van der Waals surface area contributed by atoms with Crippen molar-refractivity contribution >= 4 is 11.8 Å². The summed E-state index contributed by atoms with van der Waals surface area (Å²) in [4.78, 5) is 11.6. The number of ether oxygens (including phenoxy) is 1. The summed E-state index contributed by atoms with van der Waals surface area (Å²) in [5.41, 5.74) is 7.66. The van der Waals surface area contributed by atoms with Crippen molar-refractivity contribution < 1.29 is 14.2 Å². The van der Waals surface area contributed by atoms with Crippen LogP contribution in [0.3, 0.4) is 0 Å². The first kappa shape index (κ1) is 13.1. The van der Waals surface area contributed by atoms with Gasteiger partial charge in [0.2, 0.25) is 0 Å². The van der Waals surface area contributed by atoms with Crippen LogP contribution in [-0.4, -0.2) is 22.9 Å². The topological polar surface area (TPSA) is 91.2 Å². The number of hydrogen-bond donors (Lipinski definition) is 1. The van der Waals surface area contributed by atoms with E-state index < -0.39 is 0 Å². The highest BCUT2D eigenvalue weighted by atomic mass is 16.6. The molecule has 0 aliphatic carbocycles. The number of nitrogens with two attached hydrogens (primary N) is 1. The number of hydrogen-bond acceptors (Lipinski definition) is 6. The molecule has 0 saturated heterocycles. The summed E-state index contributed by atoms with van der Waals surface area (Å²) in [6.45, 7) is 2.38. The second kappa shape index (κ2) is 5.99. The molecule has 0 spiro atoms. The molecule has 1 heterocycles.